The summed E-state index contributed by atoms with van der Waals surface area (Å²) in [5.41, 5.74) is 1.13. The molecule has 5 nitrogen and oxygen atoms in total. The number of piperazine rings is 1. The molecule has 0 radical (unpaired) electrons. The van der Waals surface area contributed by atoms with Gasteiger partial charge in [-0.2, -0.15) is 13.2 Å². The van der Waals surface area contributed by atoms with Crippen LogP contribution in [0.1, 0.15) is 13.3 Å². The topological polar surface area (TPSA) is 52.7 Å². The lowest BCUT2D eigenvalue weighted by molar-refractivity contribution is -0.150. The second-order valence-electron chi connectivity index (χ2n) is 5.38. The van der Waals surface area contributed by atoms with Crippen LogP contribution >= 0.6 is 0 Å². The van der Waals surface area contributed by atoms with Crippen molar-refractivity contribution in [2.45, 2.75) is 19.5 Å². The summed E-state index contributed by atoms with van der Waals surface area (Å²) in [6.45, 7) is 3.99. The summed E-state index contributed by atoms with van der Waals surface area (Å²) in [7, 11) is 0. The molecule has 0 bridgehead atoms. The molecule has 1 heterocycles. The molecule has 126 valence electrons. The maximum absolute atomic E-state index is 12.2. The third-order valence-corrected chi connectivity index (χ3v) is 3.58. The minimum atomic E-state index is -4.52. The van der Waals surface area contributed by atoms with Gasteiger partial charge in [-0.05, 0) is 18.2 Å². The Bertz CT molecular complexity index is 582. The molecule has 1 aromatic carbocycles. The van der Waals surface area contributed by atoms with Gasteiger partial charge in [-0.1, -0.05) is 6.07 Å². The van der Waals surface area contributed by atoms with Crippen LogP contribution in [0.2, 0.25) is 0 Å². The normalized spacial score (nSPS) is 15.5. The predicted octanol–water partition coefficient (Wildman–Crippen LogP) is 2.25. The van der Waals surface area contributed by atoms with E-state index in [1.807, 2.05) is 11.0 Å². The van der Waals surface area contributed by atoms with Gasteiger partial charge in [0.15, 0.2) is 0 Å². The van der Waals surface area contributed by atoms with E-state index >= 15 is 0 Å². The largest absolute Gasteiger partial charge is 0.397 e. The fraction of sp³-hybridized carbons (Fsp3) is 0.467. The molecule has 1 aromatic rings. The first kappa shape index (κ1) is 17.1. The van der Waals surface area contributed by atoms with Crippen molar-refractivity contribution >= 4 is 23.2 Å². The molecule has 23 heavy (non-hydrogen) atoms. The highest BCUT2D eigenvalue weighted by atomic mass is 19.4. The van der Waals surface area contributed by atoms with Crippen LogP contribution in [0.5, 0.6) is 0 Å². The minimum Gasteiger partial charge on any atom is -0.368 e. The van der Waals surface area contributed by atoms with Gasteiger partial charge in [-0.25, -0.2) is 0 Å². The molecule has 0 aliphatic carbocycles. The molecule has 0 spiro atoms. The summed E-state index contributed by atoms with van der Waals surface area (Å²) in [6.07, 6.45) is -6.03. The van der Waals surface area contributed by atoms with Crippen molar-refractivity contribution in [3.8, 4) is 0 Å². The van der Waals surface area contributed by atoms with Crippen LogP contribution < -0.4 is 10.2 Å². The standard InChI is InChI=1S/C15H18F3N3O2/c1-11(22)20-5-7-21(8-6-20)13-4-2-3-12(9-13)19-14(23)10-15(16,17)18/h2-4,9H,5-8,10H2,1H3,(H,19,23). The Morgan fingerprint density at radius 2 is 1.83 bits per heavy atom. The van der Waals surface area contributed by atoms with Gasteiger partial charge in [0.1, 0.15) is 6.42 Å². The molecule has 1 fully saturated rings. The Hall–Kier alpha value is -2.25. The maximum atomic E-state index is 12.2. The predicted molar refractivity (Wildman–Crippen MR) is 80.2 cm³/mol. The molecule has 0 atom stereocenters. The van der Waals surface area contributed by atoms with E-state index in [-0.39, 0.29) is 5.91 Å². The number of nitrogens with one attached hydrogen (secondary N) is 1. The van der Waals surface area contributed by atoms with E-state index in [4.69, 9.17) is 0 Å². The lowest BCUT2D eigenvalue weighted by Crippen LogP contribution is -2.48. The van der Waals surface area contributed by atoms with Crippen LogP contribution in [0.25, 0.3) is 0 Å². The molecule has 1 N–H and O–H groups in total. The summed E-state index contributed by atoms with van der Waals surface area (Å²) in [5, 5.41) is 2.25. The van der Waals surface area contributed by atoms with Gasteiger partial charge >= 0.3 is 6.18 Å². The quantitative estimate of drug-likeness (QED) is 0.925. The molecule has 0 aromatic heterocycles. The van der Waals surface area contributed by atoms with Crippen LogP contribution in [0.15, 0.2) is 24.3 Å². The number of benzene rings is 1. The van der Waals surface area contributed by atoms with Crippen molar-refractivity contribution in [1.29, 1.82) is 0 Å². The van der Waals surface area contributed by atoms with E-state index in [0.717, 1.165) is 5.69 Å². The minimum absolute atomic E-state index is 0.0258. The van der Waals surface area contributed by atoms with E-state index < -0.39 is 18.5 Å². The Morgan fingerprint density at radius 1 is 1.17 bits per heavy atom. The van der Waals surface area contributed by atoms with Gasteiger partial charge in [0.05, 0.1) is 0 Å². The summed E-state index contributed by atoms with van der Waals surface area (Å²) in [6, 6.07) is 6.68. The van der Waals surface area contributed by atoms with E-state index in [1.54, 1.807) is 23.1 Å². The highest BCUT2D eigenvalue weighted by molar-refractivity contribution is 5.91. The number of anilines is 2. The van der Waals surface area contributed by atoms with Crippen molar-refractivity contribution in [2.24, 2.45) is 0 Å². The highest BCUT2D eigenvalue weighted by Gasteiger charge is 2.31. The maximum Gasteiger partial charge on any atom is 0.397 e. The Balaban J connectivity index is 1.98. The molecule has 1 aliphatic heterocycles. The van der Waals surface area contributed by atoms with E-state index in [9.17, 15) is 22.8 Å². The molecular weight excluding hydrogens is 311 g/mol. The Kier molecular flexibility index (Phi) is 5.12. The van der Waals surface area contributed by atoms with Crippen molar-refractivity contribution in [3.63, 3.8) is 0 Å². The average molecular weight is 329 g/mol. The van der Waals surface area contributed by atoms with Crippen LogP contribution in [0.3, 0.4) is 0 Å². The number of hydrogen-bond acceptors (Lipinski definition) is 3. The smallest absolute Gasteiger partial charge is 0.368 e. The third kappa shape index (κ3) is 5.15. The zero-order valence-corrected chi connectivity index (χ0v) is 12.7. The molecule has 0 unspecified atom stereocenters. The van der Waals surface area contributed by atoms with Crippen molar-refractivity contribution < 1.29 is 22.8 Å². The zero-order valence-electron chi connectivity index (χ0n) is 12.7. The third-order valence-electron chi connectivity index (χ3n) is 3.58. The lowest BCUT2D eigenvalue weighted by Gasteiger charge is -2.35. The summed E-state index contributed by atoms with van der Waals surface area (Å²) in [5.74, 6) is -1.06. The van der Waals surface area contributed by atoms with Crippen LogP contribution in [-0.4, -0.2) is 49.1 Å². The van der Waals surface area contributed by atoms with E-state index in [2.05, 4.69) is 5.32 Å². The summed E-state index contributed by atoms with van der Waals surface area (Å²) in [4.78, 5) is 26.4. The van der Waals surface area contributed by atoms with Gasteiger partial charge in [-0.3, -0.25) is 9.59 Å². The van der Waals surface area contributed by atoms with Gasteiger partial charge in [0.25, 0.3) is 0 Å². The number of amides is 2. The highest BCUT2D eigenvalue weighted by Crippen LogP contribution is 2.23. The van der Waals surface area contributed by atoms with Gasteiger partial charge in [-0.15, -0.1) is 0 Å². The molecule has 2 rings (SSSR count). The van der Waals surface area contributed by atoms with Crippen molar-refractivity contribution in [2.75, 3.05) is 36.4 Å². The van der Waals surface area contributed by atoms with Crippen LogP contribution in [0.4, 0.5) is 24.5 Å². The molecule has 1 saturated heterocycles. The first-order valence-corrected chi connectivity index (χ1v) is 7.22. The van der Waals surface area contributed by atoms with Gasteiger partial charge in [0, 0.05) is 44.5 Å². The number of carbonyl (C=O) groups is 2. The number of nitrogens with zero attached hydrogens (tertiary/aromatic N) is 2. The van der Waals surface area contributed by atoms with E-state index in [1.165, 1.54) is 6.92 Å². The number of alkyl halides is 3. The molecule has 0 saturated carbocycles. The van der Waals surface area contributed by atoms with Crippen LogP contribution in [0, 0.1) is 0 Å². The fourth-order valence-corrected chi connectivity index (χ4v) is 2.45. The number of hydrogen-bond donors (Lipinski definition) is 1. The monoisotopic (exact) mass is 329 g/mol. The SMILES string of the molecule is CC(=O)N1CCN(c2cccc(NC(=O)CC(F)(F)F)c2)CC1. The lowest BCUT2D eigenvalue weighted by atomic mass is 10.2. The molecular formula is C15H18F3N3O2. The second kappa shape index (κ2) is 6.89. The summed E-state index contributed by atoms with van der Waals surface area (Å²) >= 11 is 0. The van der Waals surface area contributed by atoms with Gasteiger partial charge in [0.2, 0.25) is 11.8 Å². The zero-order chi connectivity index (χ0) is 17.0. The van der Waals surface area contributed by atoms with E-state index in [0.29, 0.717) is 31.9 Å². The number of rotatable bonds is 3. The molecule has 2 amide bonds. The average Bonchev–Trinajstić information content (AvgIpc) is 2.45. The van der Waals surface area contributed by atoms with Gasteiger partial charge < -0.3 is 15.1 Å². The van der Waals surface area contributed by atoms with Crippen LogP contribution in [-0.2, 0) is 9.59 Å². The number of carbonyl (C=O) groups excluding carboxylic acids is 2. The second-order valence-corrected chi connectivity index (χ2v) is 5.38. The summed E-state index contributed by atoms with van der Waals surface area (Å²) < 4.78 is 36.5. The first-order valence-electron chi connectivity index (χ1n) is 7.22. The van der Waals surface area contributed by atoms with Crippen molar-refractivity contribution in [1.82, 2.24) is 4.90 Å². The molecule has 8 heteroatoms. The number of halogens is 3. The Morgan fingerprint density at radius 3 is 2.39 bits per heavy atom. The fourth-order valence-electron chi connectivity index (χ4n) is 2.45. The molecule has 1 aliphatic rings. The Labute approximate surface area is 132 Å². The van der Waals surface area contributed by atoms with Crippen molar-refractivity contribution in [3.05, 3.63) is 24.3 Å². The first-order chi connectivity index (χ1) is 10.7.